The van der Waals surface area contributed by atoms with Crippen LogP contribution in [0, 0.1) is 0 Å². The average Bonchev–Trinajstić information content (AvgIpc) is 2.84. The highest BCUT2D eigenvalue weighted by molar-refractivity contribution is 5.66. The van der Waals surface area contributed by atoms with Crippen LogP contribution in [-0.2, 0) is 14.4 Å². The number of hydrogen-bond donors (Lipinski definition) is 2. The summed E-state index contributed by atoms with van der Waals surface area (Å²) in [6.45, 7) is 5.82. The lowest BCUT2D eigenvalue weighted by Crippen LogP contribution is -2.51. The van der Waals surface area contributed by atoms with E-state index in [1.807, 2.05) is 0 Å². The van der Waals surface area contributed by atoms with Gasteiger partial charge in [-0.25, -0.2) is 0 Å². The Morgan fingerprint density at radius 2 is 0.946 bits per heavy atom. The van der Waals surface area contributed by atoms with Gasteiger partial charge in [-0.1, -0.05) is 57.6 Å². The van der Waals surface area contributed by atoms with Crippen LogP contribution < -0.4 is 5.11 Å². The molecule has 0 bridgehead atoms. The Kier molecular flexibility index (Phi) is 23.2. The topological polar surface area (TPSA) is 115 Å². The van der Waals surface area contributed by atoms with Crippen molar-refractivity contribution in [2.75, 3.05) is 26.2 Å². The van der Waals surface area contributed by atoms with Crippen molar-refractivity contribution < 1.29 is 34.2 Å². The van der Waals surface area contributed by atoms with Crippen molar-refractivity contribution in [3.05, 3.63) is 12.2 Å². The van der Waals surface area contributed by atoms with Gasteiger partial charge in [0.05, 0.1) is 26.2 Å². The van der Waals surface area contributed by atoms with Gasteiger partial charge in [0, 0.05) is 18.8 Å². The molecule has 0 aliphatic rings. The molecule has 0 saturated heterocycles. The zero-order valence-electron chi connectivity index (χ0n) is 23.6. The van der Waals surface area contributed by atoms with E-state index < -0.39 is 17.9 Å². The number of nitrogens with zero attached hydrogens (tertiary/aromatic N) is 1. The van der Waals surface area contributed by atoms with Crippen LogP contribution in [0.25, 0.3) is 0 Å². The Morgan fingerprint density at radius 3 is 1.38 bits per heavy atom. The smallest absolute Gasteiger partial charge is 0.303 e. The van der Waals surface area contributed by atoms with Crippen LogP contribution in [0.1, 0.15) is 135 Å². The van der Waals surface area contributed by atoms with E-state index in [1.54, 1.807) is 0 Å². The summed E-state index contributed by atoms with van der Waals surface area (Å²) in [5, 5.41) is 28.9. The maximum Gasteiger partial charge on any atom is 0.303 e. The predicted octanol–water partition coefficient (Wildman–Crippen LogP) is 6.10. The Balaban J connectivity index is 4.61. The fraction of sp³-hybridized carbons (Fsp3) is 0.833. The molecule has 0 spiro atoms. The molecule has 0 rings (SSSR count). The first-order valence-electron chi connectivity index (χ1n) is 14.9. The second-order valence-corrected chi connectivity index (χ2v) is 10.6. The summed E-state index contributed by atoms with van der Waals surface area (Å²) >= 11 is 0. The van der Waals surface area contributed by atoms with E-state index in [0.29, 0.717) is 19.3 Å². The molecule has 2 N–H and O–H groups in total. The second kappa shape index (κ2) is 24.4. The molecule has 7 nitrogen and oxygen atoms in total. The predicted molar refractivity (Wildman–Crippen MR) is 147 cm³/mol. The van der Waals surface area contributed by atoms with Crippen LogP contribution in [0.4, 0.5) is 0 Å². The van der Waals surface area contributed by atoms with E-state index in [2.05, 4.69) is 19.1 Å². The molecule has 0 aromatic heterocycles. The van der Waals surface area contributed by atoms with Gasteiger partial charge in [0.1, 0.15) is 0 Å². The molecule has 7 heteroatoms. The van der Waals surface area contributed by atoms with Gasteiger partial charge >= 0.3 is 11.9 Å². The average molecular weight is 526 g/mol. The minimum atomic E-state index is -1.02. The number of quaternary nitrogens is 1. The van der Waals surface area contributed by atoms with Crippen molar-refractivity contribution in [1.29, 1.82) is 0 Å². The number of hydrogen-bond acceptors (Lipinski definition) is 4. The number of carboxylic acid groups (broad SMARTS) is 3. The van der Waals surface area contributed by atoms with Crippen LogP contribution in [0.3, 0.4) is 0 Å². The molecular formula is C30H55NO6. The minimum absolute atomic E-state index is 0.0621. The molecular weight excluding hydrogens is 470 g/mol. The SMILES string of the molecule is CCCC/C=C/CCCCCCCCC[N+](CCCCC(=O)[O-])(CCCCC(=O)O)CCCCC(=O)O. The van der Waals surface area contributed by atoms with Gasteiger partial charge in [0.2, 0.25) is 0 Å². The van der Waals surface area contributed by atoms with Crippen molar-refractivity contribution in [3.63, 3.8) is 0 Å². The third-order valence-electron chi connectivity index (χ3n) is 7.20. The molecule has 0 aliphatic heterocycles. The van der Waals surface area contributed by atoms with E-state index in [9.17, 15) is 19.5 Å². The van der Waals surface area contributed by atoms with Gasteiger partial charge in [-0.15, -0.1) is 0 Å². The Morgan fingerprint density at radius 1 is 0.568 bits per heavy atom. The number of aliphatic carboxylic acids is 3. The first kappa shape index (κ1) is 35.1. The zero-order valence-corrected chi connectivity index (χ0v) is 23.6. The van der Waals surface area contributed by atoms with Gasteiger partial charge in [-0.3, -0.25) is 9.59 Å². The van der Waals surface area contributed by atoms with Crippen LogP contribution in [0.15, 0.2) is 12.2 Å². The molecule has 0 saturated carbocycles. The third kappa shape index (κ3) is 24.2. The highest BCUT2D eigenvalue weighted by Crippen LogP contribution is 2.19. The highest BCUT2D eigenvalue weighted by atomic mass is 16.4. The van der Waals surface area contributed by atoms with Crippen molar-refractivity contribution in [2.45, 2.75) is 135 Å². The normalized spacial score (nSPS) is 11.8. The monoisotopic (exact) mass is 525 g/mol. The molecule has 0 aliphatic carbocycles. The van der Waals surface area contributed by atoms with Crippen molar-refractivity contribution >= 4 is 17.9 Å². The van der Waals surface area contributed by atoms with E-state index in [0.717, 1.165) is 56.3 Å². The first-order chi connectivity index (χ1) is 17.8. The van der Waals surface area contributed by atoms with Crippen LogP contribution in [0.5, 0.6) is 0 Å². The zero-order chi connectivity index (χ0) is 27.6. The Bertz CT molecular complexity index is 564. The van der Waals surface area contributed by atoms with Crippen molar-refractivity contribution in [2.24, 2.45) is 0 Å². The molecule has 0 fully saturated rings. The second-order valence-electron chi connectivity index (χ2n) is 10.6. The van der Waals surface area contributed by atoms with E-state index >= 15 is 0 Å². The number of carbonyl (C=O) groups is 3. The van der Waals surface area contributed by atoms with Crippen molar-refractivity contribution in [1.82, 2.24) is 0 Å². The van der Waals surface area contributed by atoms with E-state index in [-0.39, 0.29) is 19.3 Å². The first-order valence-corrected chi connectivity index (χ1v) is 14.9. The fourth-order valence-corrected chi connectivity index (χ4v) is 4.99. The molecule has 0 atom stereocenters. The van der Waals surface area contributed by atoms with Crippen molar-refractivity contribution in [3.8, 4) is 0 Å². The summed E-state index contributed by atoms with van der Waals surface area (Å²) < 4.78 is 0.844. The number of carboxylic acids is 3. The maximum atomic E-state index is 11.0. The number of rotatable bonds is 28. The molecule has 0 heterocycles. The van der Waals surface area contributed by atoms with Crippen LogP contribution in [-0.4, -0.2) is 58.8 Å². The minimum Gasteiger partial charge on any atom is -0.550 e. The number of allylic oxidation sites excluding steroid dienone is 2. The summed E-state index contributed by atoms with van der Waals surface area (Å²) in [5.41, 5.74) is 0. The summed E-state index contributed by atoms with van der Waals surface area (Å²) in [6.07, 6.45) is 22.8. The van der Waals surface area contributed by atoms with Gasteiger partial charge in [0.15, 0.2) is 0 Å². The van der Waals surface area contributed by atoms with Gasteiger partial charge in [-0.05, 0) is 77.0 Å². The lowest BCUT2D eigenvalue weighted by molar-refractivity contribution is -0.929. The van der Waals surface area contributed by atoms with E-state index in [1.165, 1.54) is 64.2 Å². The Labute approximate surface area is 225 Å². The maximum absolute atomic E-state index is 11.0. The number of carbonyl (C=O) groups excluding carboxylic acids is 1. The fourth-order valence-electron chi connectivity index (χ4n) is 4.99. The molecule has 216 valence electrons. The number of unbranched alkanes of at least 4 members (excludes halogenated alkanes) is 12. The Hall–Kier alpha value is -1.89. The largest absolute Gasteiger partial charge is 0.550 e. The molecule has 0 radical (unpaired) electrons. The lowest BCUT2D eigenvalue weighted by Gasteiger charge is -2.39. The summed E-state index contributed by atoms with van der Waals surface area (Å²) in [6, 6.07) is 0. The standard InChI is InChI=1S/C30H55NO6/c1-2-3-4-5-6-7-8-9-10-11-12-13-17-24-31(25-18-14-21-28(32)33,26-19-15-22-29(34)35)27-20-16-23-30(36)37/h5-6H,2-4,7-27H2,1H3,(H2-,32,33,34,35,36,37)/b6-5+. The van der Waals surface area contributed by atoms with Gasteiger partial charge in [0.25, 0.3) is 0 Å². The van der Waals surface area contributed by atoms with E-state index in [4.69, 9.17) is 10.2 Å². The molecule has 0 amide bonds. The molecule has 37 heavy (non-hydrogen) atoms. The highest BCUT2D eigenvalue weighted by Gasteiger charge is 2.26. The van der Waals surface area contributed by atoms with Gasteiger partial charge < -0.3 is 24.6 Å². The third-order valence-corrected chi connectivity index (χ3v) is 7.20. The van der Waals surface area contributed by atoms with Crippen LogP contribution >= 0.6 is 0 Å². The summed E-state index contributed by atoms with van der Waals surface area (Å²) in [7, 11) is 0. The lowest BCUT2D eigenvalue weighted by atomic mass is 10.1. The summed E-state index contributed by atoms with van der Waals surface area (Å²) in [5.74, 6) is -2.57. The van der Waals surface area contributed by atoms with Crippen LogP contribution in [0.2, 0.25) is 0 Å². The molecule has 0 aromatic carbocycles. The quantitative estimate of drug-likeness (QED) is 0.0724. The summed E-state index contributed by atoms with van der Waals surface area (Å²) in [4.78, 5) is 32.8. The molecule has 0 unspecified atom stereocenters. The molecule has 0 aromatic rings. The van der Waals surface area contributed by atoms with Gasteiger partial charge in [-0.2, -0.15) is 0 Å².